The summed E-state index contributed by atoms with van der Waals surface area (Å²) in [7, 11) is 0. The van der Waals surface area contributed by atoms with Gasteiger partial charge in [-0.25, -0.2) is 9.78 Å². The van der Waals surface area contributed by atoms with Gasteiger partial charge in [0, 0.05) is 17.7 Å². The second-order valence-corrected chi connectivity index (χ2v) is 5.49. The highest BCUT2D eigenvalue weighted by Gasteiger charge is 2.08. The minimum absolute atomic E-state index is 0.127. The van der Waals surface area contributed by atoms with Crippen molar-refractivity contribution in [1.82, 2.24) is 9.38 Å². The summed E-state index contributed by atoms with van der Waals surface area (Å²) < 4.78 is 12.1. The molecule has 5 nitrogen and oxygen atoms in total. The molecule has 0 saturated carbocycles. The third-order valence-corrected chi connectivity index (χ3v) is 3.45. The quantitative estimate of drug-likeness (QED) is 0.467. The van der Waals surface area contributed by atoms with Crippen LogP contribution in [0.2, 0.25) is 5.15 Å². The Morgan fingerprint density at radius 2 is 2.35 bits per heavy atom. The molecule has 0 aliphatic carbocycles. The van der Waals surface area contributed by atoms with Crippen LogP contribution in [0.15, 0.2) is 17.7 Å². The van der Waals surface area contributed by atoms with Crippen LogP contribution in [-0.2, 0) is 14.3 Å². The minimum Gasteiger partial charge on any atom is -0.460 e. The summed E-state index contributed by atoms with van der Waals surface area (Å²) in [6.45, 7) is 4.47. The predicted octanol–water partition coefficient (Wildman–Crippen LogP) is 3.03. The molecule has 0 N–H and O–H groups in total. The van der Waals surface area contributed by atoms with Crippen molar-refractivity contribution in [3.63, 3.8) is 0 Å². The maximum atomic E-state index is 11.5. The molecule has 2 rings (SSSR count). The topological polar surface area (TPSA) is 52.8 Å². The largest absolute Gasteiger partial charge is 0.460 e. The maximum absolute atomic E-state index is 11.5. The molecule has 0 fully saturated rings. The van der Waals surface area contributed by atoms with Crippen LogP contribution in [0, 0.1) is 0 Å². The fourth-order valence-corrected chi connectivity index (χ4v) is 2.55. The predicted molar refractivity (Wildman–Crippen MR) is 79.2 cm³/mol. The minimum atomic E-state index is -0.432. The van der Waals surface area contributed by atoms with Crippen molar-refractivity contribution < 1.29 is 14.3 Å². The monoisotopic (exact) mass is 314 g/mol. The van der Waals surface area contributed by atoms with Gasteiger partial charge < -0.3 is 9.47 Å². The zero-order valence-electron chi connectivity index (χ0n) is 11.2. The summed E-state index contributed by atoms with van der Waals surface area (Å²) in [6, 6.07) is 0. The van der Waals surface area contributed by atoms with Gasteiger partial charge in [-0.1, -0.05) is 11.6 Å². The average molecular weight is 315 g/mol. The Balaban J connectivity index is 1.90. The third-order valence-electron chi connectivity index (χ3n) is 2.41. The van der Waals surface area contributed by atoms with Gasteiger partial charge in [0.1, 0.15) is 6.61 Å². The summed E-state index contributed by atoms with van der Waals surface area (Å²) in [5.41, 5.74) is 0.665. The fraction of sp³-hybridized carbons (Fsp3) is 0.385. The van der Waals surface area contributed by atoms with Crippen LogP contribution < -0.4 is 0 Å². The van der Waals surface area contributed by atoms with E-state index in [2.05, 4.69) is 4.98 Å². The summed E-state index contributed by atoms with van der Waals surface area (Å²) in [5.74, 6) is -0.432. The number of fused-ring (bicyclic) bond motifs is 1. The van der Waals surface area contributed by atoms with Crippen LogP contribution >= 0.6 is 22.9 Å². The number of carbonyl (C=O) groups excluding carboxylic acids is 1. The van der Waals surface area contributed by atoms with E-state index in [1.807, 2.05) is 29.8 Å². The molecule has 0 amide bonds. The number of rotatable bonds is 6. The first-order valence-corrected chi connectivity index (χ1v) is 7.41. The van der Waals surface area contributed by atoms with E-state index in [0.29, 0.717) is 17.5 Å². The van der Waals surface area contributed by atoms with Crippen molar-refractivity contribution in [2.45, 2.75) is 20.0 Å². The van der Waals surface area contributed by atoms with Crippen LogP contribution in [0.5, 0.6) is 0 Å². The van der Waals surface area contributed by atoms with Gasteiger partial charge in [0.15, 0.2) is 10.1 Å². The van der Waals surface area contributed by atoms with Crippen molar-refractivity contribution in [2.24, 2.45) is 0 Å². The first-order chi connectivity index (χ1) is 9.58. The molecular weight excluding hydrogens is 300 g/mol. The van der Waals surface area contributed by atoms with Crippen LogP contribution in [0.1, 0.15) is 19.5 Å². The molecule has 0 saturated heterocycles. The van der Waals surface area contributed by atoms with E-state index < -0.39 is 5.97 Å². The van der Waals surface area contributed by atoms with Crippen molar-refractivity contribution in [2.75, 3.05) is 13.2 Å². The molecule has 0 radical (unpaired) electrons. The number of hydrogen-bond acceptors (Lipinski definition) is 5. The standard InChI is InChI=1S/C13H15ClN2O3S/c1-9(2)18-6-7-19-11(17)4-3-10-12(14)15-13-16(10)5-8-20-13/h3-5,8-9H,6-7H2,1-2H3. The normalized spacial score (nSPS) is 11.8. The smallest absolute Gasteiger partial charge is 0.330 e. The van der Waals surface area contributed by atoms with Gasteiger partial charge in [-0.05, 0) is 19.9 Å². The number of ether oxygens (including phenoxy) is 2. The van der Waals surface area contributed by atoms with Crippen LogP contribution in [0.25, 0.3) is 11.0 Å². The SMILES string of the molecule is CC(C)OCCOC(=O)C=Cc1c(Cl)nc2sccn12. The number of halogens is 1. The van der Waals surface area contributed by atoms with E-state index >= 15 is 0 Å². The number of nitrogens with zero attached hydrogens (tertiary/aromatic N) is 2. The first-order valence-electron chi connectivity index (χ1n) is 6.15. The van der Waals surface area contributed by atoms with Crippen molar-refractivity contribution in [3.05, 3.63) is 28.5 Å². The zero-order valence-corrected chi connectivity index (χ0v) is 12.8. The van der Waals surface area contributed by atoms with E-state index in [1.165, 1.54) is 17.4 Å². The van der Waals surface area contributed by atoms with Crippen molar-refractivity contribution >= 4 is 39.9 Å². The Morgan fingerprint density at radius 3 is 3.10 bits per heavy atom. The molecule has 20 heavy (non-hydrogen) atoms. The number of hydrogen-bond donors (Lipinski definition) is 0. The summed E-state index contributed by atoms with van der Waals surface area (Å²) in [4.78, 5) is 16.5. The van der Waals surface area contributed by atoms with Crippen LogP contribution in [-0.4, -0.2) is 34.7 Å². The second-order valence-electron chi connectivity index (χ2n) is 4.26. The molecule has 0 bridgehead atoms. The number of imidazole rings is 1. The summed E-state index contributed by atoms with van der Waals surface area (Å²) >= 11 is 7.48. The Labute approximate surface area is 125 Å². The van der Waals surface area contributed by atoms with Crippen LogP contribution in [0.4, 0.5) is 0 Å². The first kappa shape index (κ1) is 15.0. The molecule has 2 heterocycles. The lowest BCUT2D eigenvalue weighted by Crippen LogP contribution is -2.12. The van der Waals surface area contributed by atoms with Gasteiger partial charge in [-0.15, -0.1) is 11.3 Å². The highest BCUT2D eigenvalue weighted by atomic mass is 35.5. The van der Waals surface area contributed by atoms with Crippen LogP contribution in [0.3, 0.4) is 0 Å². The molecule has 0 aliphatic heterocycles. The van der Waals surface area contributed by atoms with Gasteiger partial charge in [-0.3, -0.25) is 4.40 Å². The maximum Gasteiger partial charge on any atom is 0.330 e. The Hall–Kier alpha value is -1.37. The van der Waals surface area contributed by atoms with Gasteiger partial charge in [0.05, 0.1) is 18.4 Å². The van der Waals surface area contributed by atoms with Gasteiger partial charge in [0.25, 0.3) is 0 Å². The molecule has 2 aromatic heterocycles. The van der Waals surface area contributed by atoms with E-state index in [1.54, 1.807) is 6.08 Å². The lowest BCUT2D eigenvalue weighted by atomic mass is 10.4. The Bertz CT molecular complexity index is 618. The summed E-state index contributed by atoms with van der Waals surface area (Å²) in [5, 5.41) is 2.27. The second kappa shape index (κ2) is 6.88. The third kappa shape index (κ3) is 3.82. The van der Waals surface area contributed by atoms with E-state index in [-0.39, 0.29) is 12.7 Å². The molecule has 0 aromatic carbocycles. The van der Waals surface area contributed by atoms with Gasteiger partial charge in [0.2, 0.25) is 0 Å². The Morgan fingerprint density at radius 1 is 1.55 bits per heavy atom. The van der Waals surface area contributed by atoms with E-state index in [9.17, 15) is 4.79 Å². The molecule has 0 atom stereocenters. The van der Waals surface area contributed by atoms with Crippen molar-refractivity contribution in [1.29, 1.82) is 0 Å². The highest BCUT2D eigenvalue weighted by molar-refractivity contribution is 7.15. The average Bonchev–Trinajstić information content (AvgIpc) is 2.93. The lowest BCUT2D eigenvalue weighted by molar-refractivity contribution is -0.139. The highest BCUT2D eigenvalue weighted by Crippen LogP contribution is 2.22. The van der Waals surface area contributed by atoms with E-state index in [4.69, 9.17) is 21.1 Å². The summed E-state index contributed by atoms with van der Waals surface area (Å²) in [6.07, 6.45) is 4.91. The van der Waals surface area contributed by atoms with Gasteiger partial charge in [-0.2, -0.15) is 0 Å². The lowest BCUT2D eigenvalue weighted by Gasteiger charge is -2.06. The molecule has 0 aliphatic rings. The van der Waals surface area contributed by atoms with Gasteiger partial charge >= 0.3 is 5.97 Å². The molecular formula is C13H15ClN2O3S. The molecule has 108 valence electrons. The van der Waals surface area contributed by atoms with Crippen molar-refractivity contribution in [3.8, 4) is 0 Å². The molecule has 7 heteroatoms. The zero-order chi connectivity index (χ0) is 14.5. The van der Waals surface area contributed by atoms with E-state index in [0.717, 1.165) is 4.96 Å². The number of aromatic nitrogens is 2. The fourth-order valence-electron chi connectivity index (χ4n) is 1.55. The Kier molecular flexibility index (Phi) is 5.17. The number of thiazole rings is 1. The molecule has 2 aromatic rings. The molecule has 0 spiro atoms. The number of carbonyl (C=O) groups is 1. The number of esters is 1. The molecule has 0 unspecified atom stereocenters.